The molecule has 0 aliphatic heterocycles. The molecule has 0 amide bonds. The van der Waals surface area contributed by atoms with E-state index >= 15 is 0 Å². The van der Waals surface area contributed by atoms with Crippen LogP contribution < -0.4 is 5.32 Å². The van der Waals surface area contributed by atoms with Gasteiger partial charge in [0.1, 0.15) is 6.61 Å². The summed E-state index contributed by atoms with van der Waals surface area (Å²) in [6.45, 7) is 0.343. The Balaban J connectivity index is 2.49. The highest BCUT2D eigenvalue weighted by atomic mass is 32.1. The fourth-order valence-corrected chi connectivity index (χ4v) is 2.15. The van der Waals surface area contributed by atoms with Crippen LogP contribution in [0.3, 0.4) is 0 Å². The molecule has 1 aromatic rings. The van der Waals surface area contributed by atoms with Gasteiger partial charge in [0.2, 0.25) is 0 Å². The predicted molar refractivity (Wildman–Crippen MR) is 57.4 cm³/mol. The summed E-state index contributed by atoms with van der Waals surface area (Å²) in [5, 5.41) is 13.1. The van der Waals surface area contributed by atoms with Crippen molar-refractivity contribution in [3.63, 3.8) is 0 Å². The molecule has 86 valence electrons. The van der Waals surface area contributed by atoms with Crippen molar-refractivity contribution < 1.29 is 13.9 Å². The van der Waals surface area contributed by atoms with Gasteiger partial charge >= 0.3 is 0 Å². The van der Waals surface area contributed by atoms with Gasteiger partial charge in [-0.2, -0.15) is 0 Å². The van der Waals surface area contributed by atoms with Crippen LogP contribution in [0.15, 0.2) is 17.5 Å². The zero-order valence-electron chi connectivity index (χ0n) is 8.54. The molecular formula is C10H15F2NOS. The summed E-state index contributed by atoms with van der Waals surface area (Å²) in [4.78, 5) is 1.05. The highest BCUT2D eigenvalue weighted by Crippen LogP contribution is 2.22. The minimum absolute atomic E-state index is 0.0533. The second kappa shape index (κ2) is 5.53. The first-order chi connectivity index (χ1) is 7.09. The average molecular weight is 235 g/mol. The highest BCUT2D eigenvalue weighted by molar-refractivity contribution is 7.10. The number of nitrogens with one attached hydrogen (secondary N) is 1. The maximum Gasteiger partial charge on any atom is 0.282 e. The van der Waals surface area contributed by atoms with E-state index in [-0.39, 0.29) is 6.04 Å². The smallest absolute Gasteiger partial charge is 0.282 e. The quantitative estimate of drug-likeness (QED) is 0.793. The second-order valence-electron chi connectivity index (χ2n) is 3.37. The zero-order chi connectivity index (χ0) is 11.3. The van der Waals surface area contributed by atoms with Crippen LogP contribution in [-0.2, 0) is 0 Å². The minimum atomic E-state index is -3.04. The maximum absolute atomic E-state index is 12.8. The van der Waals surface area contributed by atoms with Crippen LogP contribution in [0.2, 0.25) is 0 Å². The maximum atomic E-state index is 12.8. The molecule has 2 nitrogen and oxygen atoms in total. The van der Waals surface area contributed by atoms with E-state index < -0.39 is 19.1 Å². The van der Waals surface area contributed by atoms with Crippen LogP contribution >= 0.6 is 11.3 Å². The van der Waals surface area contributed by atoms with Crippen molar-refractivity contribution in [3.8, 4) is 0 Å². The van der Waals surface area contributed by atoms with Gasteiger partial charge < -0.3 is 10.4 Å². The van der Waals surface area contributed by atoms with E-state index in [1.807, 2.05) is 24.4 Å². The Labute approximate surface area is 91.9 Å². The van der Waals surface area contributed by atoms with E-state index in [1.165, 1.54) is 0 Å². The van der Waals surface area contributed by atoms with Gasteiger partial charge in [0.25, 0.3) is 5.92 Å². The molecule has 0 saturated heterocycles. The normalized spacial score (nSPS) is 14.1. The summed E-state index contributed by atoms with van der Waals surface area (Å²) < 4.78 is 25.6. The van der Waals surface area contributed by atoms with Crippen LogP contribution in [0, 0.1) is 0 Å². The van der Waals surface area contributed by atoms with Gasteiger partial charge in [-0.3, -0.25) is 0 Å². The highest BCUT2D eigenvalue weighted by Gasteiger charge is 2.28. The third kappa shape index (κ3) is 3.85. The Bertz CT molecular complexity index is 277. The SMILES string of the molecule is CCC(NCC(F)(F)CO)c1cccs1. The van der Waals surface area contributed by atoms with Crippen molar-refractivity contribution in [2.45, 2.75) is 25.3 Å². The van der Waals surface area contributed by atoms with E-state index in [1.54, 1.807) is 11.3 Å². The second-order valence-corrected chi connectivity index (χ2v) is 4.35. The van der Waals surface area contributed by atoms with Crippen LogP contribution in [0.1, 0.15) is 24.3 Å². The molecule has 0 radical (unpaired) electrons. The molecule has 2 N–H and O–H groups in total. The number of hydrogen-bond donors (Lipinski definition) is 2. The number of alkyl halides is 2. The van der Waals surface area contributed by atoms with Gasteiger partial charge in [-0.1, -0.05) is 13.0 Å². The summed E-state index contributed by atoms with van der Waals surface area (Å²) in [5.41, 5.74) is 0. The van der Waals surface area contributed by atoms with Crippen LogP contribution in [0.4, 0.5) is 8.78 Å². The van der Waals surface area contributed by atoms with E-state index in [0.29, 0.717) is 0 Å². The molecule has 1 aromatic heterocycles. The standard InChI is InChI=1S/C10H15F2NOS/c1-2-8(9-4-3-5-15-9)13-6-10(11,12)7-14/h3-5,8,13-14H,2,6-7H2,1H3. The zero-order valence-corrected chi connectivity index (χ0v) is 9.36. The summed E-state index contributed by atoms with van der Waals surface area (Å²) in [6, 6.07) is 3.76. The third-order valence-electron chi connectivity index (χ3n) is 2.13. The molecule has 0 aliphatic rings. The lowest BCUT2D eigenvalue weighted by Crippen LogP contribution is -2.37. The number of hydrogen-bond acceptors (Lipinski definition) is 3. The van der Waals surface area contributed by atoms with Gasteiger partial charge in [0, 0.05) is 10.9 Å². The molecule has 0 aliphatic carbocycles. The van der Waals surface area contributed by atoms with E-state index in [9.17, 15) is 8.78 Å². The Kier molecular flexibility index (Phi) is 4.63. The van der Waals surface area contributed by atoms with Crippen molar-refractivity contribution in [3.05, 3.63) is 22.4 Å². The number of aliphatic hydroxyl groups excluding tert-OH is 1. The molecule has 0 spiro atoms. The summed E-state index contributed by atoms with van der Waals surface area (Å²) >= 11 is 1.54. The molecule has 0 saturated carbocycles. The fraction of sp³-hybridized carbons (Fsp3) is 0.600. The number of aliphatic hydroxyl groups is 1. The lowest BCUT2D eigenvalue weighted by molar-refractivity contribution is -0.0494. The Hall–Kier alpha value is -0.520. The molecule has 0 fully saturated rings. The van der Waals surface area contributed by atoms with Gasteiger partial charge in [0.15, 0.2) is 0 Å². The van der Waals surface area contributed by atoms with Crippen molar-refractivity contribution >= 4 is 11.3 Å². The topological polar surface area (TPSA) is 32.3 Å². The largest absolute Gasteiger partial charge is 0.390 e. The Morgan fingerprint density at radius 2 is 2.33 bits per heavy atom. The van der Waals surface area contributed by atoms with Gasteiger partial charge in [-0.15, -0.1) is 11.3 Å². The van der Waals surface area contributed by atoms with E-state index in [4.69, 9.17) is 5.11 Å². The molecule has 1 atom stereocenters. The number of halogens is 2. The first kappa shape index (κ1) is 12.5. The number of thiophene rings is 1. The predicted octanol–water partition coefficient (Wildman–Crippen LogP) is 2.42. The number of rotatable bonds is 6. The van der Waals surface area contributed by atoms with Crippen molar-refractivity contribution in [2.24, 2.45) is 0 Å². The molecule has 1 unspecified atom stereocenters. The van der Waals surface area contributed by atoms with Crippen molar-refractivity contribution in [2.75, 3.05) is 13.2 Å². The van der Waals surface area contributed by atoms with Crippen molar-refractivity contribution in [1.29, 1.82) is 0 Å². The van der Waals surface area contributed by atoms with Gasteiger partial charge in [-0.05, 0) is 17.9 Å². The molecule has 0 aromatic carbocycles. The van der Waals surface area contributed by atoms with Crippen LogP contribution in [0.25, 0.3) is 0 Å². The van der Waals surface area contributed by atoms with Crippen LogP contribution in [0.5, 0.6) is 0 Å². The summed E-state index contributed by atoms with van der Waals surface area (Å²) in [7, 11) is 0. The molecule has 1 rings (SSSR count). The van der Waals surface area contributed by atoms with E-state index in [2.05, 4.69) is 5.32 Å². The Morgan fingerprint density at radius 1 is 1.60 bits per heavy atom. The van der Waals surface area contributed by atoms with Gasteiger partial charge in [-0.25, -0.2) is 8.78 Å². The lowest BCUT2D eigenvalue weighted by Gasteiger charge is -2.19. The lowest BCUT2D eigenvalue weighted by atomic mass is 10.2. The third-order valence-corrected chi connectivity index (χ3v) is 3.12. The summed E-state index contributed by atoms with van der Waals surface area (Å²) in [5.74, 6) is -3.04. The summed E-state index contributed by atoms with van der Waals surface area (Å²) in [6.07, 6.45) is 0.752. The van der Waals surface area contributed by atoms with Gasteiger partial charge in [0.05, 0.1) is 6.54 Å². The molecule has 5 heteroatoms. The van der Waals surface area contributed by atoms with Crippen LogP contribution in [-0.4, -0.2) is 24.2 Å². The fourth-order valence-electron chi connectivity index (χ4n) is 1.26. The molecule has 15 heavy (non-hydrogen) atoms. The molecule has 1 heterocycles. The minimum Gasteiger partial charge on any atom is -0.390 e. The average Bonchev–Trinajstić information content (AvgIpc) is 2.72. The Morgan fingerprint density at radius 3 is 2.80 bits per heavy atom. The van der Waals surface area contributed by atoms with Crippen molar-refractivity contribution in [1.82, 2.24) is 5.32 Å². The first-order valence-corrected chi connectivity index (χ1v) is 5.72. The molecular weight excluding hydrogens is 220 g/mol. The van der Waals surface area contributed by atoms with E-state index in [0.717, 1.165) is 11.3 Å². The molecule has 0 bridgehead atoms. The first-order valence-electron chi connectivity index (χ1n) is 4.84. The monoisotopic (exact) mass is 235 g/mol.